The predicted molar refractivity (Wildman–Crippen MR) is 71.0 cm³/mol. The number of nitrogens with one attached hydrogen (secondary N) is 1. The number of rotatable bonds is 4. The van der Waals surface area contributed by atoms with E-state index in [4.69, 9.17) is 14.2 Å². The summed E-state index contributed by atoms with van der Waals surface area (Å²) in [5.41, 5.74) is 0.679. The monoisotopic (exact) mass is 266 g/mol. The van der Waals surface area contributed by atoms with Crippen LogP contribution < -0.4 is 14.8 Å². The third-order valence-electron chi connectivity index (χ3n) is 2.77. The number of carbonyl (C=O) groups excluding carboxylic acids is 1. The molecule has 2 amide bonds. The van der Waals surface area contributed by atoms with Crippen molar-refractivity contribution < 1.29 is 19.0 Å². The highest BCUT2D eigenvalue weighted by atomic mass is 16.6. The number of fused-ring (bicyclic) bond motifs is 1. The Bertz CT molecular complexity index is 450. The molecule has 1 aliphatic rings. The Morgan fingerprint density at radius 2 is 2.11 bits per heavy atom. The number of anilines is 1. The van der Waals surface area contributed by atoms with E-state index in [2.05, 4.69) is 5.32 Å². The summed E-state index contributed by atoms with van der Waals surface area (Å²) >= 11 is 0. The van der Waals surface area contributed by atoms with Gasteiger partial charge in [0.05, 0.1) is 6.61 Å². The van der Waals surface area contributed by atoms with Crippen LogP contribution in [0.25, 0.3) is 0 Å². The van der Waals surface area contributed by atoms with Crippen molar-refractivity contribution in [2.75, 3.05) is 45.8 Å². The minimum Gasteiger partial charge on any atom is -0.486 e. The number of nitrogens with zero attached hydrogens (tertiary/aromatic N) is 1. The van der Waals surface area contributed by atoms with E-state index in [1.54, 1.807) is 37.3 Å². The molecule has 1 aliphatic heterocycles. The van der Waals surface area contributed by atoms with Crippen LogP contribution in [0, 0.1) is 0 Å². The molecular formula is C13H18N2O4. The van der Waals surface area contributed by atoms with Crippen LogP contribution in [0.1, 0.15) is 0 Å². The van der Waals surface area contributed by atoms with E-state index in [9.17, 15) is 4.79 Å². The van der Waals surface area contributed by atoms with Crippen LogP contribution in [0.15, 0.2) is 18.2 Å². The highest BCUT2D eigenvalue weighted by molar-refractivity contribution is 5.89. The molecule has 0 aliphatic carbocycles. The number of amides is 2. The summed E-state index contributed by atoms with van der Waals surface area (Å²) in [5, 5.41) is 2.80. The van der Waals surface area contributed by atoms with Crippen LogP contribution in [0.2, 0.25) is 0 Å². The van der Waals surface area contributed by atoms with Crippen LogP contribution in [-0.4, -0.2) is 51.5 Å². The molecule has 0 radical (unpaired) electrons. The Morgan fingerprint density at radius 3 is 2.84 bits per heavy atom. The first-order chi connectivity index (χ1) is 9.20. The Hall–Kier alpha value is -1.95. The van der Waals surface area contributed by atoms with E-state index >= 15 is 0 Å². The van der Waals surface area contributed by atoms with Crippen molar-refractivity contribution in [2.45, 2.75) is 0 Å². The number of ether oxygens (including phenoxy) is 3. The molecular weight excluding hydrogens is 248 g/mol. The number of benzene rings is 1. The second-order valence-corrected chi connectivity index (χ2v) is 4.20. The van der Waals surface area contributed by atoms with Gasteiger partial charge in [0.25, 0.3) is 0 Å². The third-order valence-corrected chi connectivity index (χ3v) is 2.77. The van der Waals surface area contributed by atoms with Gasteiger partial charge in [-0.15, -0.1) is 0 Å². The quantitative estimate of drug-likeness (QED) is 0.898. The average molecular weight is 266 g/mol. The minimum absolute atomic E-state index is 0.186. The van der Waals surface area contributed by atoms with Gasteiger partial charge in [-0.1, -0.05) is 0 Å². The lowest BCUT2D eigenvalue weighted by Crippen LogP contribution is -2.33. The molecule has 6 heteroatoms. The zero-order chi connectivity index (χ0) is 13.7. The number of carbonyl (C=O) groups is 1. The largest absolute Gasteiger partial charge is 0.486 e. The van der Waals surface area contributed by atoms with Crippen molar-refractivity contribution in [3.8, 4) is 11.5 Å². The molecule has 0 unspecified atom stereocenters. The predicted octanol–water partition coefficient (Wildman–Crippen LogP) is 1.57. The molecule has 104 valence electrons. The van der Waals surface area contributed by atoms with E-state index in [1.165, 1.54) is 0 Å². The zero-order valence-electron chi connectivity index (χ0n) is 11.1. The van der Waals surface area contributed by atoms with Crippen LogP contribution in [-0.2, 0) is 4.74 Å². The minimum atomic E-state index is -0.186. The van der Waals surface area contributed by atoms with Gasteiger partial charge < -0.3 is 24.4 Å². The molecule has 19 heavy (non-hydrogen) atoms. The normalized spacial score (nSPS) is 12.9. The molecule has 0 aromatic heterocycles. The highest BCUT2D eigenvalue weighted by Crippen LogP contribution is 2.32. The summed E-state index contributed by atoms with van der Waals surface area (Å²) < 4.78 is 15.8. The molecule has 1 heterocycles. The number of urea groups is 1. The first-order valence-corrected chi connectivity index (χ1v) is 6.11. The molecule has 0 spiro atoms. The fourth-order valence-electron chi connectivity index (χ4n) is 1.67. The fraction of sp³-hybridized carbons (Fsp3) is 0.462. The summed E-state index contributed by atoms with van der Waals surface area (Å²) in [4.78, 5) is 13.4. The third kappa shape index (κ3) is 3.51. The van der Waals surface area contributed by atoms with E-state index in [-0.39, 0.29) is 6.03 Å². The zero-order valence-corrected chi connectivity index (χ0v) is 11.1. The van der Waals surface area contributed by atoms with E-state index in [1.807, 2.05) is 0 Å². The first kappa shape index (κ1) is 13.5. The van der Waals surface area contributed by atoms with Gasteiger partial charge in [0.1, 0.15) is 13.2 Å². The van der Waals surface area contributed by atoms with E-state index in [0.717, 1.165) is 0 Å². The second-order valence-electron chi connectivity index (χ2n) is 4.20. The van der Waals surface area contributed by atoms with Gasteiger partial charge in [-0.3, -0.25) is 0 Å². The van der Waals surface area contributed by atoms with Gasteiger partial charge in [0, 0.05) is 32.5 Å². The number of hydrogen-bond acceptors (Lipinski definition) is 4. The smallest absolute Gasteiger partial charge is 0.321 e. The molecule has 0 saturated heterocycles. The standard InChI is InChI=1S/C13H18N2O4/c1-15(5-6-17-2)13(16)14-10-3-4-11-12(9-10)19-8-7-18-11/h3-4,9H,5-8H2,1-2H3,(H,14,16). The fourth-order valence-corrected chi connectivity index (χ4v) is 1.67. The number of likely N-dealkylation sites (N-methyl/N-ethyl adjacent to an activating group) is 1. The van der Waals surface area contributed by atoms with Gasteiger partial charge in [0.15, 0.2) is 11.5 Å². The Morgan fingerprint density at radius 1 is 1.37 bits per heavy atom. The summed E-state index contributed by atoms with van der Waals surface area (Å²) in [5.74, 6) is 1.36. The Labute approximate surface area is 112 Å². The van der Waals surface area contributed by atoms with Crippen molar-refractivity contribution in [3.05, 3.63) is 18.2 Å². The van der Waals surface area contributed by atoms with Gasteiger partial charge >= 0.3 is 6.03 Å². The van der Waals surface area contributed by atoms with Crippen LogP contribution in [0.3, 0.4) is 0 Å². The molecule has 0 fully saturated rings. The molecule has 0 saturated carbocycles. The molecule has 2 rings (SSSR count). The molecule has 1 N–H and O–H groups in total. The molecule has 0 bridgehead atoms. The summed E-state index contributed by atoms with van der Waals surface area (Å²) in [7, 11) is 3.32. The van der Waals surface area contributed by atoms with Crippen LogP contribution in [0.4, 0.5) is 10.5 Å². The maximum absolute atomic E-state index is 11.9. The maximum Gasteiger partial charge on any atom is 0.321 e. The Balaban J connectivity index is 1.97. The van der Waals surface area contributed by atoms with Gasteiger partial charge in [-0.25, -0.2) is 4.79 Å². The Kier molecular flexibility index (Phi) is 4.46. The summed E-state index contributed by atoms with van der Waals surface area (Å²) in [6, 6.07) is 5.15. The lowest BCUT2D eigenvalue weighted by Gasteiger charge is -2.20. The first-order valence-electron chi connectivity index (χ1n) is 6.11. The van der Waals surface area contributed by atoms with Crippen molar-refractivity contribution in [3.63, 3.8) is 0 Å². The highest BCUT2D eigenvalue weighted by Gasteiger charge is 2.14. The van der Waals surface area contributed by atoms with E-state index < -0.39 is 0 Å². The van der Waals surface area contributed by atoms with Gasteiger partial charge in [-0.05, 0) is 12.1 Å². The van der Waals surface area contributed by atoms with Crippen molar-refractivity contribution in [1.29, 1.82) is 0 Å². The lowest BCUT2D eigenvalue weighted by atomic mass is 10.2. The average Bonchev–Trinajstić information content (AvgIpc) is 2.44. The van der Waals surface area contributed by atoms with Crippen molar-refractivity contribution >= 4 is 11.7 Å². The van der Waals surface area contributed by atoms with Crippen LogP contribution >= 0.6 is 0 Å². The van der Waals surface area contributed by atoms with Gasteiger partial charge in [-0.2, -0.15) is 0 Å². The second kappa shape index (κ2) is 6.29. The molecule has 6 nitrogen and oxygen atoms in total. The summed E-state index contributed by atoms with van der Waals surface area (Å²) in [6.45, 7) is 2.12. The van der Waals surface area contributed by atoms with Crippen molar-refractivity contribution in [2.24, 2.45) is 0 Å². The molecule has 1 aromatic carbocycles. The van der Waals surface area contributed by atoms with Gasteiger partial charge in [0.2, 0.25) is 0 Å². The molecule has 0 atom stereocenters. The van der Waals surface area contributed by atoms with Crippen LogP contribution in [0.5, 0.6) is 11.5 Å². The van der Waals surface area contributed by atoms with E-state index in [0.29, 0.717) is 43.6 Å². The number of methoxy groups -OCH3 is 1. The SMILES string of the molecule is COCCN(C)C(=O)Nc1ccc2c(c1)OCCO2. The van der Waals surface area contributed by atoms with Crippen molar-refractivity contribution in [1.82, 2.24) is 4.90 Å². The number of hydrogen-bond donors (Lipinski definition) is 1. The summed E-state index contributed by atoms with van der Waals surface area (Å²) in [6.07, 6.45) is 0. The lowest BCUT2D eigenvalue weighted by molar-refractivity contribution is 0.165. The molecule has 1 aromatic rings. The topological polar surface area (TPSA) is 60.0 Å². The maximum atomic E-state index is 11.9.